The maximum absolute atomic E-state index is 13.6. The van der Waals surface area contributed by atoms with E-state index < -0.39 is 5.54 Å². The molecule has 34 heavy (non-hydrogen) atoms. The Morgan fingerprint density at radius 2 is 1.74 bits per heavy atom. The zero-order valence-corrected chi connectivity index (χ0v) is 19.8. The Labute approximate surface area is 200 Å². The van der Waals surface area contributed by atoms with Crippen LogP contribution in [0.1, 0.15) is 40.9 Å². The van der Waals surface area contributed by atoms with Crippen molar-refractivity contribution >= 4 is 11.8 Å². The van der Waals surface area contributed by atoms with Crippen LogP contribution in [0.2, 0.25) is 0 Å². The van der Waals surface area contributed by atoms with Crippen molar-refractivity contribution in [3.63, 3.8) is 0 Å². The van der Waals surface area contributed by atoms with E-state index in [-0.39, 0.29) is 11.8 Å². The lowest BCUT2D eigenvalue weighted by molar-refractivity contribution is -0.132. The Hall–Kier alpha value is -3.80. The summed E-state index contributed by atoms with van der Waals surface area (Å²) in [6.45, 7) is 4.99. The number of hydrogen-bond acceptors (Lipinski definition) is 4. The highest BCUT2D eigenvalue weighted by atomic mass is 16.5. The van der Waals surface area contributed by atoms with Crippen molar-refractivity contribution in [3.05, 3.63) is 95.1 Å². The van der Waals surface area contributed by atoms with Crippen molar-refractivity contribution in [3.8, 4) is 11.5 Å². The van der Waals surface area contributed by atoms with Crippen molar-refractivity contribution < 1.29 is 19.1 Å². The molecule has 0 aromatic heterocycles. The summed E-state index contributed by atoms with van der Waals surface area (Å²) >= 11 is 0. The van der Waals surface area contributed by atoms with Gasteiger partial charge in [-0.2, -0.15) is 0 Å². The first kappa shape index (κ1) is 23.4. The maximum Gasteiger partial charge on any atom is 0.255 e. The number of nitrogens with zero attached hydrogens (tertiary/aromatic N) is 1. The predicted octanol–water partition coefficient (Wildman–Crippen LogP) is 4.37. The van der Waals surface area contributed by atoms with E-state index in [1.165, 1.54) is 0 Å². The first-order valence-electron chi connectivity index (χ1n) is 11.5. The predicted molar refractivity (Wildman–Crippen MR) is 131 cm³/mol. The minimum Gasteiger partial charge on any atom is -0.496 e. The highest BCUT2D eigenvalue weighted by Crippen LogP contribution is 2.33. The topological polar surface area (TPSA) is 67.9 Å². The smallest absolute Gasteiger partial charge is 0.255 e. The third-order valence-electron chi connectivity index (χ3n) is 6.32. The summed E-state index contributed by atoms with van der Waals surface area (Å²) in [6.07, 6.45) is 0.434. The summed E-state index contributed by atoms with van der Waals surface area (Å²) in [5.74, 6) is 1.14. The summed E-state index contributed by atoms with van der Waals surface area (Å²) < 4.78 is 10.9. The lowest BCUT2D eigenvalue weighted by Gasteiger charge is -2.44. The highest BCUT2D eigenvalue weighted by molar-refractivity contribution is 6.02. The first-order chi connectivity index (χ1) is 16.5. The van der Waals surface area contributed by atoms with Crippen LogP contribution in [-0.4, -0.2) is 36.0 Å². The van der Waals surface area contributed by atoms with Gasteiger partial charge >= 0.3 is 0 Å². The van der Waals surface area contributed by atoms with Gasteiger partial charge in [0, 0.05) is 30.6 Å². The minimum absolute atomic E-state index is 0.148. The molecule has 0 bridgehead atoms. The van der Waals surface area contributed by atoms with E-state index in [0.717, 1.165) is 22.4 Å². The zero-order valence-electron chi connectivity index (χ0n) is 19.8. The molecule has 0 radical (unpaired) electrons. The van der Waals surface area contributed by atoms with E-state index in [1.807, 2.05) is 86.6 Å². The van der Waals surface area contributed by atoms with Crippen LogP contribution >= 0.6 is 0 Å². The summed E-state index contributed by atoms with van der Waals surface area (Å²) in [6, 6.07) is 22.7. The quantitative estimate of drug-likeness (QED) is 0.544. The summed E-state index contributed by atoms with van der Waals surface area (Å²) in [7, 11) is 1.61. The van der Waals surface area contributed by atoms with Gasteiger partial charge in [0.05, 0.1) is 13.7 Å². The standard InChI is InChI=1S/C28H30N2O4/c1-4-34-23-15-13-20(14-16-23)19-30-26(31)24-11-7-5-9-21(24)17-28(30,2)27(32)29-18-22-10-6-8-12-25(22)33-3/h5-16H,4,17-19H2,1-3H3,(H,29,32)/t28-/m0/s1. The number of rotatable bonds is 8. The van der Waals surface area contributed by atoms with Gasteiger partial charge < -0.3 is 19.7 Å². The van der Waals surface area contributed by atoms with Crippen LogP contribution in [-0.2, 0) is 24.3 Å². The second kappa shape index (κ2) is 10.00. The lowest BCUT2D eigenvalue weighted by atomic mass is 9.82. The van der Waals surface area contributed by atoms with Crippen LogP contribution in [0.4, 0.5) is 0 Å². The molecule has 0 aliphatic carbocycles. The number of para-hydroxylation sites is 1. The minimum atomic E-state index is -1.05. The van der Waals surface area contributed by atoms with E-state index in [2.05, 4.69) is 5.32 Å². The second-order valence-corrected chi connectivity index (χ2v) is 8.57. The van der Waals surface area contributed by atoms with Gasteiger partial charge in [-0.25, -0.2) is 0 Å². The van der Waals surface area contributed by atoms with Crippen LogP contribution in [0, 0.1) is 0 Å². The molecule has 0 saturated carbocycles. The van der Waals surface area contributed by atoms with Crippen LogP contribution in [0.15, 0.2) is 72.8 Å². The van der Waals surface area contributed by atoms with Gasteiger partial charge in [-0.1, -0.05) is 48.5 Å². The van der Waals surface area contributed by atoms with E-state index in [1.54, 1.807) is 12.0 Å². The molecule has 3 aromatic rings. The molecule has 3 aromatic carbocycles. The number of hydrogen-bond donors (Lipinski definition) is 1. The second-order valence-electron chi connectivity index (χ2n) is 8.57. The van der Waals surface area contributed by atoms with Gasteiger partial charge in [0.2, 0.25) is 5.91 Å². The van der Waals surface area contributed by atoms with E-state index in [0.29, 0.717) is 37.4 Å². The molecule has 1 atom stereocenters. The molecule has 6 heteroatoms. The summed E-state index contributed by atoms with van der Waals surface area (Å²) in [5.41, 5.74) is 2.28. The molecule has 4 rings (SSSR count). The molecular formula is C28H30N2O4. The number of nitrogens with one attached hydrogen (secondary N) is 1. The Morgan fingerprint density at radius 3 is 2.47 bits per heavy atom. The average Bonchev–Trinajstić information content (AvgIpc) is 2.86. The summed E-state index contributed by atoms with van der Waals surface area (Å²) in [5, 5.41) is 3.04. The molecular weight excluding hydrogens is 428 g/mol. The van der Waals surface area contributed by atoms with E-state index in [9.17, 15) is 9.59 Å². The number of ether oxygens (including phenoxy) is 2. The van der Waals surface area contributed by atoms with Crippen LogP contribution in [0.3, 0.4) is 0 Å². The third-order valence-corrected chi connectivity index (χ3v) is 6.32. The van der Waals surface area contributed by atoms with Gasteiger partial charge in [-0.3, -0.25) is 9.59 Å². The van der Waals surface area contributed by atoms with Gasteiger partial charge in [0.1, 0.15) is 17.0 Å². The largest absolute Gasteiger partial charge is 0.496 e. The summed E-state index contributed by atoms with van der Waals surface area (Å²) in [4.78, 5) is 28.9. The van der Waals surface area contributed by atoms with Crippen molar-refractivity contribution in [1.29, 1.82) is 0 Å². The average molecular weight is 459 g/mol. The molecule has 0 unspecified atom stereocenters. The molecule has 1 aliphatic heterocycles. The number of amides is 2. The maximum atomic E-state index is 13.6. The molecule has 2 amide bonds. The molecule has 6 nitrogen and oxygen atoms in total. The van der Waals surface area contributed by atoms with Crippen molar-refractivity contribution in [2.75, 3.05) is 13.7 Å². The third kappa shape index (κ3) is 4.62. The van der Waals surface area contributed by atoms with Crippen molar-refractivity contribution in [2.24, 2.45) is 0 Å². The van der Waals surface area contributed by atoms with Gasteiger partial charge in [-0.05, 0) is 49.2 Å². The monoisotopic (exact) mass is 458 g/mol. The van der Waals surface area contributed by atoms with Gasteiger partial charge in [0.15, 0.2) is 0 Å². The normalized spacial score (nSPS) is 17.1. The Bertz CT molecular complexity index is 1180. The first-order valence-corrected chi connectivity index (χ1v) is 11.5. The number of methoxy groups -OCH3 is 1. The van der Waals surface area contributed by atoms with Gasteiger partial charge in [0.25, 0.3) is 5.91 Å². The SMILES string of the molecule is CCOc1ccc(CN2C(=O)c3ccccc3C[C@@]2(C)C(=O)NCc2ccccc2OC)cc1. The molecule has 1 aliphatic rings. The highest BCUT2D eigenvalue weighted by Gasteiger charge is 2.46. The Kier molecular flexibility index (Phi) is 6.87. The fourth-order valence-corrected chi connectivity index (χ4v) is 4.42. The van der Waals surface area contributed by atoms with Crippen LogP contribution in [0.5, 0.6) is 11.5 Å². The van der Waals surface area contributed by atoms with Crippen molar-refractivity contribution in [1.82, 2.24) is 10.2 Å². The van der Waals surface area contributed by atoms with Crippen LogP contribution in [0.25, 0.3) is 0 Å². The fraction of sp³-hybridized carbons (Fsp3) is 0.286. The van der Waals surface area contributed by atoms with E-state index >= 15 is 0 Å². The van der Waals surface area contributed by atoms with Crippen LogP contribution < -0.4 is 14.8 Å². The number of fused-ring (bicyclic) bond motifs is 1. The van der Waals surface area contributed by atoms with Crippen molar-refractivity contribution in [2.45, 2.75) is 38.9 Å². The Balaban J connectivity index is 1.62. The molecule has 1 N–H and O–H groups in total. The number of carbonyl (C=O) groups excluding carboxylic acids is 2. The zero-order chi connectivity index (χ0) is 24.1. The number of carbonyl (C=O) groups is 2. The molecule has 0 fully saturated rings. The lowest BCUT2D eigenvalue weighted by Crippen LogP contribution is -2.62. The molecule has 176 valence electrons. The fourth-order valence-electron chi connectivity index (χ4n) is 4.42. The number of benzene rings is 3. The van der Waals surface area contributed by atoms with E-state index in [4.69, 9.17) is 9.47 Å². The molecule has 0 spiro atoms. The molecule has 1 heterocycles. The van der Waals surface area contributed by atoms with Gasteiger partial charge in [-0.15, -0.1) is 0 Å². The Morgan fingerprint density at radius 1 is 1.03 bits per heavy atom. The molecule has 0 saturated heterocycles.